The van der Waals surface area contributed by atoms with Gasteiger partial charge in [0.1, 0.15) is 11.6 Å². The van der Waals surface area contributed by atoms with E-state index < -0.39 is 0 Å². The molecular weight excluding hydrogens is 338 g/mol. The molecule has 5 heteroatoms. The van der Waals surface area contributed by atoms with Gasteiger partial charge in [-0.1, -0.05) is 29.8 Å². The Kier molecular flexibility index (Phi) is 6.47. The summed E-state index contributed by atoms with van der Waals surface area (Å²) in [5.41, 5.74) is 3.39. The molecule has 3 rings (SSSR count). The van der Waals surface area contributed by atoms with Crippen molar-refractivity contribution >= 4 is 16.9 Å². The van der Waals surface area contributed by atoms with E-state index in [1.54, 1.807) is 0 Å². The van der Waals surface area contributed by atoms with Crippen LogP contribution in [0.25, 0.3) is 11.0 Å². The van der Waals surface area contributed by atoms with E-state index in [0.717, 1.165) is 48.4 Å². The highest BCUT2D eigenvalue weighted by Gasteiger charge is 2.10. The van der Waals surface area contributed by atoms with E-state index >= 15 is 0 Å². The molecule has 1 heterocycles. The highest BCUT2D eigenvalue weighted by Crippen LogP contribution is 2.18. The van der Waals surface area contributed by atoms with E-state index in [1.807, 2.05) is 30.3 Å². The minimum atomic E-state index is -0.00841. The van der Waals surface area contributed by atoms with Crippen molar-refractivity contribution in [2.45, 2.75) is 39.7 Å². The van der Waals surface area contributed by atoms with Crippen LogP contribution < -0.4 is 10.1 Å². The summed E-state index contributed by atoms with van der Waals surface area (Å²) in [6, 6.07) is 16.3. The summed E-state index contributed by atoms with van der Waals surface area (Å²) in [4.78, 5) is 15.9. The average Bonchev–Trinajstić information content (AvgIpc) is 3.00. The van der Waals surface area contributed by atoms with Crippen molar-refractivity contribution in [3.63, 3.8) is 0 Å². The fourth-order valence-electron chi connectivity index (χ4n) is 3.11. The van der Waals surface area contributed by atoms with Gasteiger partial charge in [0.25, 0.3) is 0 Å². The molecule has 0 aliphatic rings. The maximum atomic E-state index is 11.1. The monoisotopic (exact) mass is 365 g/mol. The van der Waals surface area contributed by atoms with Gasteiger partial charge in [-0.25, -0.2) is 4.98 Å². The first-order valence-electron chi connectivity index (χ1n) is 9.51. The molecule has 0 radical (unpaired) electrons. The largest absolute Gasteiger partial charge is 0.494 e. The Hall–Kier alpha value is -2.82. The molecule has 1 aromatic heterocycles. The number of benzene rings is 2. The number of aromatic nitrogens is 2. The van der Waals surface area contributed by atoms with Crippen LogP contribution in [0, 0.1) is 6.92 Å². The SMILES string of the molecule is CC(=O)NCCc1nc2ccccc2n1CCCCOc1ccc(C)cc1. The number of aryl methyl sites for hydroxylation is 2. The van der Waals surface area contributed by atoms with Crippen molar-refractivity contribution in [2.24, 2.45) is 0 Å². The number of carbonyl (C=O) groups excluding carboxylic acids is 1. The third-order valence-corrected chi connectivity index (χ3v) is 4.52. The number of hydrogen-bond donors (Lipinski definition) is 1. The quantitative estimate of drug-likeness (QED) is 0.586. The first kappa shape index (κ1) is 19.0. The smallest absolute Gasteiger partial charge is 0.216 e. The van der Waals surface area contributed by atoms with Gasteiger partial charge in [0.05, 0.1) is 17.6 Å². The summed E-state index contributed by atoms with van der Waals surface area (Å²) in [7, 11) is 0. The summed E-state index contributed by atoms with van der Waals surface area (Å²) in [6.45, 7) is 5.82. The summed E-state index contributed by atoms with van der Waals surface area (Å²) < 4.78 is 8.08. The number of fused-ring (bicyclic) bond motifs is 1. The lowest BCUT2D eigenvalue weighted by Gasteiger charge is -2.10. The van der Waals surface area contributed by atoms with Gasteiger partial charge in [-0.2, -0.15) is 0 Å². The number of nitrogens with zero attached hydrogens (tertiary/aromatic N) is 2. The topological polar surface area (TPSA) is 56.2 Å². The predicted octanol–water partition coefficient (Wildman–Crippen LogP) is 3.88. The first-order chi connectivity index (χ1) is 13.1. The number of imidazole rings is 1. The van der Waals surface area contributed by atoms with Crippen LogP contribution in [0.2, 0.25) is 0 Å². The highest BCUT2D eigenvalue weighted by atomic mass is 16.5. The first-order valence-corrected chi connectivity index (χ1v) is 9.51. The van der Waals surface area contributed by atoms with Crippen LogP contribution in [-0.2, 0) is 17.8 Å². The summed E-state index contributed by atoms with van der Waals surface area (Å²) >= 11 is 0. The lowest BCUT2D eigenvalue weighted by molar-refractivity contribution is -0.118. The summed E-state index contributed by atoms with van der Waals surface area (Å²) in [5, 5.41) is 2.85. The van der Waals surface area contributed by atoms with Gasteiger partial charge < -0.3 is 14.6 Å². The lowest BCUT2D eigenvalue weighted by Crippen LogP contribution is -2.23. The van der Waals surface area contributed by atoms with E-state index in [2.05, 4.69) is 35.0 Å². The fourth-order valence-corrected chi connectivity index (χ4v) is 3.11. The summed E-state index contributed by atoms with van der Waals surface area (Å²) in [6.07, 6.45) is 2.72. The maximum Gasteiger partial charge on any atom is 0.216 e. The van der Waals surface area contributed by atoms with Crippen molar-refractivity contribution in [2.75, 3.05) is 13.2 Å². The van der Waals surface area contributed by atoms with Crippen LogP contribution in [0.15, 0.2) is 48.5 Å². The Labute approximate surface area is 160 Å². The van der Waals surface area contributed by atoms with Crippen molar-refractivity contribution in [1.82, 2.24) is 14.9 Å². The van der Waals surface area contributed by atoms with Crippen molar-refractivity contribution in [3.8, 4) is 5.75 Å². The Morgan fingerprint density at radius 3 is 2.67 bits per heavy atom. The molecule has 1 amide bonds. The maximum absolute atomic E-state index is 11.1. The Bertz CT molecular complexity index is 884. The minimum Gasteiger partial charge on any atom is -0.494 e. The molecule has 27 heavy (non-hydrogen) atoms. The fraction of sp³-hybridized carbons (Fsp3) is 0.364. The number of ether oxygens (including phenoxy) is 1. The highest BCUT2D eigenvalue weighted by molar-refractivity contribution is 5.76. The van der Waals surface area contributed by atoms with Gasteiger partial charge in [-0.3, -0.25) is 4.79 Å². The van der Waals surface area contributed by atoms with Gasteiger partial charge in [-0.05, 0) is 44.0 Å². The van der Waals surface area contributed by atoms with E-state index in [0.29, 0.717) is 13.2 Å². The molecule has 0 fully saturated rings. The summed E-state index contributed by atoms with van der Waals surface area (Å²) in [5.74, 6) is 1.93. The molecular formula is C22H27N3O2. The molecule has 2 aromatic carbocycles. The zero-order valence-corrected chi connectivity index (χ0v) is 16.1. The average molecular weight is 365 g/mol. The second-order valence-corrected chi connectivity index (χ2v) is 6.77. The molecule has 3 aromatic rings. The Morgan fingerprint density at radius 2 is 1.89 bits per heavy atom. The van der Waals surface area contributed by atoms with Crippen LogP contribution in [0.4, 0.5) is 0 Å². The third-order valence-electron chi connectivity index (χ3n) is 4.52. The standard InChI is InChI=1S/C22H27N3O2/c1-17-9-11-19(12-10-17)27-16-6-5-15-25-21-8-4-3-7-20(21)24-22(25)13-14-23-18(2)26/h3-4,7-12H,5-6,13-16H2,1-2H3,(H,23,26). The molecule has 0 aliphatic heterocycles. The third kappa shape index (κ3) is 5.33. The molecule has 0 unspecified atom stereocenters. The number of hydrogen-bond acceptors (Lipinski definition) is 3. The van der Waals surface area contributed by atoms with Crippen LogP contribution >= 0.6 is 0 Å². The lowest BCUT2D eigenvalue weighted by atomic mass is 10.2. The molecule has 0 spiro atoms. The van der Waals surface area contributed by atoms with Crippen LogP contribution in [0.5, 0.6) is 5.75 Å². The van der Waals surface area contributed by atoms with Gasteiger partial charge in [0.15, 0.2) is 0 Å². The van der Waals surface area contributed by atoms with Gasteiger partial charge in [0, 0.05) is 26.4 Å². The molecule has 1 N–H and O–H groups in total. The number of rotatable bonds is 9. The Morgan fingerprint density at radius 1 is 1.11 bits per heavy atom. The van der Waals surface area contributed by atoms with Crippen molar-refractivity contribution < 1.29 is 9.53 Å². The van der Waals surface area contributed by atoms with Crippen molar-refractivity contribution in [3.05, 3.63) is 59.9 Å². The number of nitrogens with one attached hydrogen (secondary N) is 1. The van der Waals surface area contributed by atoms with Crippen LogP contribution in [-0.4, -0.2) is 28.6 Å². The molecule has 0 atom stereocenters. The number of unbranched alkanes of at least 4 members (excludes halogenated alkanes) is 1. The van der Waals surface area contributed by atoms with Crippen LogP contribution in [0.1, 0.15) is 31.2 Å². The molecule has 0 aliphatic carbocycles. The zero-order chi connectivity index (χ0) is 19.1. The molecule has 142 valence electrons. The second-order valence-electron chi connectivity index (χ2n) is 6.77. The Balaban J connectivity index is 1.56. The zero-order valence-electron chi connectivity index (χ0n) is 16.1. The van der Waals surface area contributed by atoms with Crippen molar-refractivity contribution in [1.29, 1.82) is 0 Å². The van der Waals surface area contributed by atoms with E-state index in [1.165, 1.54) is 12.5 Å². The normalized spacial score (nSPS) is 10.9. The number of para-hydroxylation sites is 2. The van der Waals surface area contributed by atoms with Gasteiger partial charge >= 0.3 is 0 Å². The molecule has 0 bridgehead atoms. The van der Waals surface area contributed by atoms with Crippen LogP contribution in [0.3, 0.4) is 0 Å². The molecule has 0 saturated heterocycles. The van der Waals surface area contributed by atoms with E-state index in [-0.39, 0.29) is 5.91 Å². The predicted molar refractivity (Wildman–Crippen MR) is 108 cm³/mol. The number of amides is 1. The van der Waals surface area contributed by atoms with Gasteiger partial charge in [0.2, 0.25) is 5.91 Å². The van der Waals surface area contributed by atoms with Gasteiger partial charge in [-0.15, -0.1) is 0 Å². The second kappa shape index (κ2) is 9.21. The minimum absolute atomic E-state index is 0.00841. The van der Waals surface area contributed by atoms with E-state index in [4.69, 9.17) is 9.72 Å². The number of carbonyl (C=O) groups is 1. The van der Waals surface area contributed by atoms with E-state index in [9.17, 15) is 4.79 Å². The molecule has 5 nitrogen and oxygen atoms in total. The molecule has 0 saturated carbocycles.